The number of aliphatic hydroxyl groups excluding tert-OH is 1. The monoisotopic (exact) mass is 619 g/mol. The minimum Gasteiger partial charge on any atom is -0.457 e. The third kappa shape index (κ3) is 8.49. The average Bonchev–Trinajstić information content (AvgIpc) is 3.09. The fourth-order valence-electron chi connectivity index (χ4n) is 4.92. The fraction of sp³-hybridized carbons (Fsp3) is 0.167. The molecule has 228 valence electrons. The van der Waals surface area contributed by atoms with Gasteiger partial charge < -0.3 is 30.0 Å². The molecule has 3 atom stereocenters. The molecule has 2 heterocycles. The van der Waals surface area contributed by atoms with Crippen molar-refractivity contribution < 1.29 is 24.1 Å². The molecule has 4 aromatic carbocycles. The summed E-state index contributed by atoms with van der Waals surface area (Å²) in [5.41, 5.74) is 3.89. The molecule has 45 heavy (non-hydrogen) atoms. The number of thioether (sulfide) groups is 1. The van der Waals surface area contributed by atoms with Crippen molar-refractivity contribution in [2.45, 2.75) is 36.6 Å². The van der Waals surface area contributed by atoms with E-state index in [0.29, 0.717) is 29.3 Å². The molecule has 0 aliphatic carbocycles. The van der Waals surface area contributed by atoms with Crippen LogP contribution in [0.4, 0.5) is 16.2 Å². The Morgan fingerprint density at radius 2 is 1.56 bits per heavy atom. The lowest BCUT2D eigenvalue weighted by Gasteiger charge is -2.36. The zero-order chi connectivity index (χ0) is 30.8. The first-order valence-corrected chi connectivity index (χ1v) is 15.7. The van der Waals surface area contributed by atoms with Gasteiger partial charge in [-0.2, -0.15) is 0 Å². The Bertz CT molecular complexity index is 1670. The quantitative estimate of drug-likeness (QED) is 0.135. The Kier molecular flexibility index (Phi) is 10.0. The molecule has 0 spiro atoms. The smallest absolute Gasteiger partial charge is 0.323 e. The van der Waals surface area contributed by atoms with Crippen molar-refractivity contribution in [2.75, 3.05) is 16.4 Å². The summed E-state index contributed by atoms with van der Waals surface area (Å²) < 4.78 is 18.8. The fourth-order valence-corrected chi connectivity index (χ4v) is 5.80. The van der Waals surface area contributed by atoms with Gasteiger partial charge in [0, 0.05) is 35.3 Å². The van der Waals surface area contributed by atoms with E-state index < -0.39 is 6.29 Å². The number of pyridine rings is 1. The number of hydrogen-bond donors (Lipinski definition) is 3. The molecule has 0 bridgehead atoms. The number of para-hydroxylation sites is 1. The number of carbonyl (C=O) groups is 1. The number of urea groups is 1. The number of benzene rings is 4. The van der Waals surface area contributed by atoms with Gasteiger partial charge in [0.15, 0.2) is 6.29 Å². The Balaban J connectivity index is 1.11. The predicted octanol–water partition coefficient (Wildman–Crippen LogP) is 8.35. The molecule has 1 fully saturated rings. The van der Waals surface area contributed by atoms with Crippen molar-refractivity contribution >= 4 is 29.2 Å². The SMILES string of the molecule is O=C(Nc1ccc(Oc2ccccc2)cc1)Nc1cccc([C@H]2O[C@@H](CSc3ccccn3)C[C@@H](c3ccc(CO)cc3)O2)c1. The van der Waals surface area contributed by atoms with Crippen LogP contribution in [0.1, 0.15) is 35.5 Å². The molecule has 1 aromatic heterocycles. The third-order valence-electron chi connectivity index (χ3n) is 7.18. The van der Waals surface area contributed by atoms with E-state index in [-0.39, 0.29) is 24.8 Å². The first kappa shape index (κ1) is 30.4. The Labute approximate surface area is 266 Å². The third-order valence-corrected chi connectivity index (χ3v) is 8.25. The van der Waals surface area contributed by atoms with Crippen LogP contribution in [0, 0.1) is 0 Å². The minimum absolute atomic E-state index is 0.0117. The van der Waals surface area contributed by atoms with Crippen LogP contribution in [0.5, 0.6) is 11.5 Å². The summed E-state index contributed by atoms with van der Waals surface area (Å²) in [7, 11) is 0. The molecule has 1 aliphatic heterocycles. The van der Waals surface area contributed by atoms with E-state index in [1.165, 1.54) is 0 Å². The van der Waals surface area contributed by atoms with Gasteiger partial charge in [0.05, 0.1) is 23.8 Å². The van der Waals surface area contributed by atoms with Crippen LogP contribution in [-0.2, 0) is 16.1 Å². The van der Waals surface area contributed by atoms with E-state index in [9.17, 15) is 9.90 Å². The van der Waals surface area contributed by atoms with Gasteiger partial charge in [-0.25, -0.2) is 9.78 Å². The molecule has 3 N–H and O–H groups in total. The molecular formula is C36H33N3O5S. The number of carbonyl (C=O) groups excluding carboxylic acids is 1. The number of aromatic nitrogens is 1. The largest absolute Gasteiger partial charge is 0.457 e. The highest BCUT2D eigenvalue weighted by atomic mass is 32.2. The van der Waals surface area contributed by atoms with Crippen LogP contribution < -0.4 is 15.4 Å². The molecular weight excluding hydrogens is 586 g/mol. The number of nitrogens with one attached hydrogen (secondary N) is 2. The van der Waals surface area contributed by atoms with Gasteiger partial charge in [-0.15, -0.1) is 11.8 Å². The molecule has 0 radical (unpaired) electrons. The summed E-state index contributed by atoms with van der Waals surface area (Å²) in [5, 5.41) is 16.2. The number of rotatable bonds is 10. The molecule has 0 saturated carbocycles. The van der Waals surface area contributed by atoms with Gasteiger partial charge in [-0.3, -0.25) is 0 Å². The molecule has 0 unspecified atom stereocenters. The van der Waals surface area contributed by atoms with Gasteiger partial charge in [0.25, 0.3) is 0 Å². The van der Waals surface area contributed by atoms with Crippen molar-refractivity contribution in [2.24, 2.45) is 0 Å². The number of ether oxygens (including phenoxy) is 3. The molecule has 6 rings (SSSR count). The highest BCUT2D eigenvalue weighted by Crippen LogP contribution is 2.39. The van der Waals surface area contributed by atoms with Crippen LogP contribution in [0.2, 0.25) is 0 Å². The maximum Gasteiger partial charge on any atom is 0.323 e. The van der Waals surface area contributed by atoms with E-state index in [0.717, 1.165) is 27.5 Å². The van der Waals surface area contributed by atoms with Crippen molar-refractivity contribution in [3.8, 4) is 11.5 Å². The van der Waals surface area contributed by atoms with Crippen LogP contribution in [0.3, 0.4) is 0 Å². The first-order chi connectivity index (χ1) is 22.1. The zero-order valence-corrected chi connectivity index (χ0v) is 25.2. The lowest BCUT2D eigenvalue weighted by atomic mass is 10.0. The van der Waals surface area contributed by atoms with E-state index >= 15 is 0 Å². The van der Waals surface area contributed by atoms with Crippen LogP contribution in [-0.4, -0.2) is 28.0 Å². The maximum atomic E-state index is 12.9. The Morgan fingerprint density at radius 1 is 0.800 bits per heavy atom. The van der Waals surface area contributed by atoms with E-state index in [2.05, 4.69) is 15.6 Å². The molecule has 5 aromatic rings. The summed E-state index contributed by atoms with van der Waals surface area (Å²) in [4.78, 5) is 17.3. The van der Waals surface area contributed by atoms with Gasteiger partial charge in [0.1, 0.15) is 11.5 Å². The number of anilines is 2. The Hall–Kier alpha value is -4.67. The van der Waals surface area contributed by atoms with Crippen molar-refractivity contribution in [3.05, 3.63) is 144 Å². The molecule has 8 nitrogen and oxygen atoms in total. The van der Waals surface area contributed by atoms with Gasteiger partial charge in [0.2, 0.25) is 0 Å². The van der Waals surface area contributed by atoms with E-state index in [4.69, 9.17) is 14.2 Å². The summed E-state index contributed by atoms with van der Waals surface area (Å²) in [6, 6.07) is 37.5. The first-order valence-electron chi connectivity index (χ1n) is 14.7. The summed E-state index contributed by atoms with van der Waals surface area (Å²) in [5.74, 6) is 2.12. The zero-order valence-electron chi connectivity index (χ0n) is 24.4. The van der Waals surface area contributed by atoms with Crippen molar-refractivity contribution in [1.29, 1.82) is 0 Å². The van der Waals surface area contributed by atoms with Gasteiger partial charge in [-0.1, -0.05) is 60.7 Å². The average molecular weight is 620 g/mol. The number of hydrogen-bond acceptors (Lipinski definition) is 7. The Morgan fingerprint density at radius 3 is 2.31 bits per heavy atom. The number of aliphatic hydroxyl groups is 1. The second kappa shape index (κ2) is 14.9. The maximum absolute atomic E-state index is 12.9. The van der Waals surface area contributed by atoms with Gasteiger partial charge >= 0.3 is 6.03 Å². The lowest BCUT2D eigenvalue weighted by molar-refractivity contribution is -0.245. The number of amides is 2. The van der Waals surface area contributed by atoms with Crippen molar-refractivity contribution in [1.82, 2.24) is 4.98 Å². The van der Waals surface area contributed by atoms with E-state index in [1.54, 1.807) is 42.2 Å². The summed E-state index contributed by atoms with van der Waals surface area (Å²) in [6.07, 6.45) is 1.50. The highest BCUT2D eigenvalue weighted by molar-refractivity contribution is 7.99. The second-order valence-corrected chi connectivity index (χ2v) is 11.5. The topological polar surface area (TPSA) is 102 Å². The molecule has 2 amide bonds. The van der Waals surface area contributed by atoms with Crippen molar-refractivity contribution in [3.63, 3.8) is 0 Å². The summed E-state index contributed by atoms with van der Waals surface area (Å²) in [6.45, 7) is -0.0117. The molecule has 1 aliphatic rings. The summed E-state index contributed by atoms with van der Waals surface area (Å²) >= 11 is 1.64. The standard InChI is InChI=1S/C36H33N3O5S/c40-23-25-12-14-26(15-13-25)33-22-32(24-45-34-11-4-5-20-37-34)43-35(44-33)27-7-6-8-29(21-27)39-36(41)38-28-16-18-31(19-17-28)42-30-9-2-1-3-10-30/h1-21,32-33,35,40H,22-24H2,(H2,38,39,41)/t32-,33+,35+/m1/s1. The second-order valence-electron chi connectivity index (χ2n) is 10.5. The highest BCUT2D eigenvalue weighted by Gasteiger charge is 2.32. The normalized spacial score (nSPS) is 17.8. The van der Waals surface area contributed by atoms with E-state index in [1.807, 2.05) is 97.1 Å². The lowest BCUT2D eigenvalue weighted by Crippen LogP contribution is -2.31. The van der Waals surface area contributed by atoms with Crippen LogP contribution in [0.15, 0.2) is 133 Å². The van der Waals surface area contributed by atoms with Crippen LogP contribution >= 0.6 is 11.8 Å². The predicted molar refractivity (Wildman–Crippen MR) is 175 cm³/mol. The molecule has 9 heteroatoms. The van der Waals surface area contributed by atoms with Gasteiger partial charge in [-0.05, 0) is 71.8 Å². The van der Waals surface area contributed by atoms with Crippen LogP contribution in [0.25, 0.3) is 0 Å². The molecule has 1 saturated heterocycles. The minimum atomic E-state index is -0.641. The number of nitrogens with zero attached hydrogens (tertiary/aromatic N) is 1.